The van der Waals surface area contributed by atoms with Gasteiger partial charge in [-0.1, -0.05) is 228 Å². The third-order valence-corrected chi connectivity index (χ3v) is 16.4. The van der Waals surface area contributed by atoms with Gasteiger partial charge in [-0.15, -0.1) is 0 Å². The highest BCUT2D eigenvalue weighted by molar-refractivity contribution is 5.20. The van der Waals surface area contributed by atoms with Gasteiger partial charge < -0.3 is 4.74 Å². The highest BCUT2D eigenvalue weighted by atomic mass is 16.5. The van der Waals surface area contributed by atoms with Crippen LogP contribution in [0.15, 0.2) is 36.0 Å². The molecule has 1 heteroatoms. The van der Waals surface area contributed by atoms with Crippen molar-refractivity contribution in [2.45, 2.75) is 295 Å². The number of fused-ring (bicyclic) bond motifs is 2. The van der Waals surface area contributed by atoms with Gasteiger partial charge in [0.25, 0.3) is 0 Å². The minimum absolute atomic E-state index is 0.383. The fourth-order valence-corrected chi connectivity index (χ4v) is 11.9. The van der Waals surface area contributed by atoms with Crippen LogP contribution in [0.4, 0.5) is 0 Å². The van der Waals surface area contributed by atoms with Crippen LogP contribution in [0.1, 0.15) is 289 Å². The van der Waals surface area contributed by atoms with E-state index in [-0.39, 0.29) is 0 Å². The maximum Gasteiger partial charge on any atom is 0.0612 e. The van der Waals surface area contributed by atoms with E-state index in [1.54, 1.807) is 5.57 Å². The molecule has 0 amide bonds. The molecule has 8 atom stereocenters. The van der Waals surface area contributed by atoms with Gasteiger partial charge in [0.15, 0.2) is 0 Å². The predicted octanol–water partition coefficient (Wildman–Crippen LogP) is 20.8. The van der Waals surface area contributed by atoms with Crippen molar-refractivity contribution in [3.63, 3.8) is 0 Å². The zero-order chi connectivity index (χ0) is 45.2. The lowest BCUT2D eigenvalue weighted by atomic mass is 9.58. The van der Waals surface area contributed by atoms with Crippen LogP contribution in [0, 0.1) is 46.3 Å². The van der Waals surface area contributed by atoms with E-state index in [0.29, 0.717) is 16.9 Å². The molecule has 360 valence electrons. The van der Waals surface area contributed by atoms with Crippen LogP contribution in [-0.2, 0) is 4.74 Å². The van der Waals surface area contributed by atoms with Gasteiger partial charge in [0.2, 0.25) is 0 Å². The fourth-order valence-electron chi connectivity index (χ4n) is 11.9. The molecule has 3 aliphatic carbocycles. The summed E-state index contributed by atoms with van der Waals surface area (Å²) in [6.07, 6.45) is 56.3. The summed E-state index contributed by atoms with van der Waals surface area (Å²) in [5.74, 6) is 5.35. The number of ether oxygens (including phenoxy) is 1. The van der Waals surface area contributed by atoms with Crippen molar-refractivity contribution in [2.75, 3.05) is 6.61 Å². The molecule has 3 aliphatic rings. The molecule has 0 radical (unpaired) electrons. The van der Waals surface area contributed by atoms with E-state index >= 15 is 0 Å². The van der Waals surface area contributed by atoms with Crippen LogP contribution in [0.25, 0.3) is 0 Å². The Morgan fingerprint density at radius 2 is 1.28 bits per heavy atom. The van der Waals surface area contributed by atoms with Crippen LogP contribution in [0.2, 0.25) is 0 Å². The van der Waals surface area contributed by atoms with E-state index in [1.165, 1.54) is 199 Å². The second-order valence-corrected chi connectivity index (χ2v) is 21.6. The standard InChI is InChI=1S/C39H72O.C19H36.C2H6/c1-9-16-33(10-2)19-12-11-13-28-40-36-25-27-38(7)32(6)24-26-39(8)34(20-15-21-35(38)29-36)22-23-37(39)31(5)18-14-17-30(3)4;1-3-5-7-9-11-13-15-17-19-18-16-14-12-10-8-6-4-2;1-2/h21,30-34,36-37H,9-20,22-29H2,1-8H3;11,13,17,19H,3-10,12,14-16,18H2,1-2H3;1-2H3/b35-21-;13-11-,19-17-;. The van der Waals surface area contributed by atoms with E-state index in [4.69, 9.17) is 4.74 Å². The summed E-state index contributed by atoms with van der Waals surface area (Å²) in [4.78, 5) is 0. The van der Waals surface area contributed by atoms with Crippen LogP contribution in [0.5, 0.6) is 0 Å². The summed E-state index contributed by atoms with van der Waals surface area (Å²) in [6, 6.07) is 0. The summed E-state index contributed by atoms with van der Waals surface area (Å²) in [7, 11) is 0. The zero-order valence-corrected chi connectivity index (χ0v) is 44.2. The van der Waals surface area contributed by atoms with Gasteiger partial charge in [-0.3, -0.25) is 0 Å². The topological polar surface area (TPSA) is 9.23 Å². The molecule has 0 bridgehead atoms. The molecule has 0 N–H and O–H groups in total. The van der Waals surface area contributed by atoms with Gasteiger partial charge in [0.1, 0.15) is 0 Å². The molecule has 2 saturated carbocycles. The van der Waals surface area contributed by atoms with Gasteiger partial charge in [-0.25, -0.2) is 0 Å². The highest BCUT2D eigenvalue weighted by Crippen LogP contribution is 2.58. The van der Waals surface area contributed by atoms with E-state index < -0.39 is 0 Å². The summed E-state index contributed by atoms with van der Waals surface area (Å²) >= 11 is 0. The Bertz CT molecular complexity index is 1080. The van der Waals surface area contributed by atoms with Crippen molar-refractivity contribution in [1.29, 1.82) is 0 Å². The Balaban J connectivity index is 0.000000746. The zero-order valence-electron chi connectivity index (χ0n) is 44.2. The smallest absolute Gasteiger partial charge is 0.0612 e. The average Bonchev–Trinajstić information content (AvgIpc) is 3.59. The molecule has 3 rings (SSSR count). The lowest BCUT2D eigenvalue weighted by molar-refractivity contribution is 0.00627. The Labute approximate surface area is 386 Å². The van der Waals surface area contributed by atoms with Crippen molar-refractivity contribution in [1.82, 2.24) is 0 Å². The number of allylic oxidation sites excluding steroid dienone is 5. The molecule has 0 saturated heterocycles. The summed E-state index contributed by atoms with van der Waals surface area (Å²) < 4.78 is 6.55. The Kier molecular flexibility index (Phi) is 34.7. The lowest BCUT2D eigenvalue weighted by Crippen LogP contribution is -2.39. The van der Waals surface area contributed by atoms with Gasteiger partial charge in [0.05, 0.1) is 6.10 Å². The quantitative estimate of drug-likeness (QED) is 0.0538. The predicted molar refractivity (Wildman–Crippen MR) is 278 cm³/mol. The number of unbranched alkanes of at least 4 members (excludes halogenated alkanes) is 12. The first kappa shape index (κ1) is 58.2. The highest BCUT2D eigenvalue weighted by Gasteiger charge is 2.49. The Morgan fingerprint density at radius 1 is 0.639 bits per heavy atom. The third-order valence-electron chi connectivity index (χ3n) is 16.4. The molecule has 2 fully saturated rings. The first-order valence-electron chi connectivity index (χ1n) is 28.2. The van der Waals surface area contributed by atoms with Crippen LogP contribution >= 0.6 is 0 Å². The molecule has 8 unspecified atom stereocenters. The van der Waals surface area contributed by atoms with Gasteiger partial charge in [-0.2, -0.15) is 0 Å². The normalized spacial score (nSPS) is 27.4. The second-order valence-electron chi connectivity index (χ2n) is 21.6. The van der Waals surface area contributed by atoms with E-state index in [2.05, 4.69) is 99.6 Å². The first-order chi connectivity index (χ1) is 29.5. The maximum atomic E-state index is 6.55. The summed E-state index contributed by atoms with van der Waals surface area (Å²) in [5.41, 5.74) is 2.71. The molecule has 1 nitrogen and oxygen atoms in total. The first-order valence-corrected chi connectivity index (χ1v) is 28.2. The lowest BCUT2D eigenvalue weighted by Gasteiger charge is -2.47. The van der Waals surface area contributed by atoms with Crippen molar-refractivity contribution in [2.24, 2.45) is 46.3 Å². The SMILES string of the molecule is CC.CCCC(CC)CCCCCOC1CCC2(C)/C(=C\CCC3CCC(C(C)CCCC(C)C)C3(C)CCC2C)C1.CCCCC/C=C\C/C=C\CCCCCCCCC. The van der Waals surface area contributed by atoms with Gasteiger partial charge in [0, 0.05) is 6.61 Å². The summed E-state index contributed by atoms with van der Waals surface area (Å²) in [6.45, 7) is 29.6. The third kappa shape index (κ3) is 23.8. The van der Waals surface area contributed by atoms with E-state index in [1.807, 2.05) is 13.8 Å². The van der Waals surface area contributed by atoms with Crippen molar-refractivity contribution >= 4 is 0 Å². The average molecular weight is 852 g/mol. The number of hydrogen-bond donors (Lipinski definition) is 0. The molecule has 0 aromatic rings. The van der Waals surface area contributed by atoms with Crippen LogP contribution < -0.4 is 0 Å². The van der Waals surface area contributed by atoms with Gasteiger partial charge in [-0.05, 0) is 143 Å². The van der Waals surface area contributed by atoms with Crippen LogP contribution in [-0.4, -0.2) is 12.7 Å². The molecule has 0 heterocycles. The minimum Gasteiger partial charge on any atom is -0.378 e. The van der Waals surface area contributed by atoms with Crippen molar-refractivity contribution in [3.05, 3.63) is 36.0 Å². The van der Waals surface area contributed by atoms with E-state index in [0.717, 1.165) is 48.5 Å². The Hall–Kier alpha value is -0.820. The van der Waals surface area contributed by atoms with Gasteiger partial charge >= 0.3 is 0 Å². The Morgan fingerprint density at radius 3 is 1.93 bits per heavy atom. The second kappa shape index (κ2) is 36.4. The summed E-state index contributed by atoms with van der Waals surface area (Å²) in [5, 5.41) is 0. The molecule has 0 aromatic carbocycles. The van der Waals surface area contributed by atoms with E-state index in [9.17, 15) is 0 Å². The number of hydrogen-bond acceptors (Lipinski definition) is 1. The van der Waals surface area contributed by atoms with Crippen molar-refractivity contribution < 1.29 is 4.74 Å². The monoisotopic (exact) mass is 851 g/mol. The van der Waals surface area contributed by atoms with Crippen molar-refractivity contribution in [3.8, 4) is 0 Å². The minimum atomic E-state index is 0.383. The maximum absolute atomic E-state index is 6.55. The fraction of sp³-hybridized carbons (Fsp3) is 0.900. The molecule has 0 spiro atoms. The molecular formula is C60H114O. The molecular weight excluding hydrogens is 737 g/mol. The largest absolute Gasteiger partial charge is 0.378 e. The number of rotatable bonds is 29. The van der Waals surface area contributed by atoms with Crippen LogP contribution in [0.3, 0.4) is 0 Å². The molecule has 0 aliphatic heterocycles. The molecule has 0 aromatic heterocycles. The molecule has 61 heavy (non-hydrogen) atoms.